The third kappa shape index (κ3) is 9.17. The number of hydrogen-bond acceptors (Lipinski definition) is 1. The SMILES string of the molecule is CCCCC(CC)CN(CC(CC)CCCC)C(=O)C(C)Br. The van der Waals surface area contributed by atoms with Crippen LogP contribution in [0, 0.1) is 11.8 Å². The van der Waals surface area contributed by atoms with Crippen LogP contribution in [0.1, 0.15) is 86.0 Å². The molecule has 0 saturated carbocycles. The van der Waals surface area contributed by atoms with Crippen molar-refractivity contribution in [3.8, 4) is 0 Å². The Balaban J connectivity index is 4.75. The van der Waals surface area contributed by atoms with E-state index in [0.717, 1.165) is 13.1 Å². The topological polar surface area (TPSA) is 20.3 Å². The average molecular weight is 376 g/mol. The highest BCUT2D eigenvalue weighted by molar-refractivity contribution is 9.10. The molecule has 0 heterocycles. The predicted octanol–water partition coefficient (Wildman–Crippen LogP) is 6.03. The largest absolute Gasteiger partial charge is 0.341 e. The zero-order chi connectivity index (χ0) is 17.0. The quantitative estimate of drug-likeness (QED) is 0.359. The molecule has 3 heteroatoms. The lowest BCUT2D eigenvalue weighted by atomic mass is 9.95. The van der Waals surface area contributed by atoms with Gasteiger partial charge < -0.3 is 4.90 Å². The molecule has 22 heavy (non-hydrogen) atoms. The van der Waals surface area contributed by atoms with Gasteiger partial charge in [0.2, 0.25) is 5.91 Å². The van der Waals surface area contributed by atoms with Crippen LogP contribution in [-0.4, -0.2) is 28.7 Å². The van der Waals surface area contributed by atoms with Gasteiger partial charge in [-0.3, -0.25) is 4.79 Å². The number of rotatable bonds is 13. The van der Waals surface area contributed by atoms with Gasteiger partial charge in [0.25, 0.3) is 0 Å². The van der Waals surface area contributed by atoms with Crippen LogP contribution in [0.4, 0.5) is 0 Å². The van der Waals surface area contributed by atoms with Crippen molar-refractivity contribution in [2.45, 2.75) is 90.8 Å². The molecule has 0 aromatic heterocycles. The van der Waals surface area contributed by atoms with Gasteiger partial charge in [-0.25, -0.2) is 0 Å². The van der Waals surface area contributed by atoms with Crippen LogP contribution in [0.15, 0.2) is 0 Å². The number of nitrogens with zero attached hydrogens (tertiary/aromatic N) is 1. The lowest BCUT2D eigenvalue weighted by Gasteiger charge is -2.31. The smallest absolute Gasteiger partial charge is 0.236 e. The molecule has 0 aromatic rings. The Morgan fingerprint density at radius 1 is 0.909 bits per heavy atom. The Kier molecular flexibility index (Phi) is 13.4. The van der Waals surface area contributed by atoms with Crippen molar-refractivity contribution in [1.82, 2.24) is 4.90 Å². The maximum absolute atomic E-state index is 12.6. The van der Waals surface area contributed by atoms with E-state index >= 15 is 0 Å². The summed E-state index contributed by atoms with van der Waals surface area (Å²) in [5.41, 5.74) is 0. The molecule has 3 unspecified atom stereocenters. The van der Waals surface area contributed by atoms with E-state index in [2.05, 4.69) is 48.5 Å². The van der Waals surface area contributed by atoms with Gasteiger partial charge in [0, 0.05) is 13.1 Å². The molecule has 132 valence electrons. The number of unbranched alkanes of at least 4 members (excludes halogenated alkanes) is 2. The summed E-state index contributed by atoms with van der Waals surface area (Å²) in [6, 6.07) is 0. The van der Waals surface area contributed by atoms with E-state index in [0.29, 0.717) is 11.8 Å². The summed E-state index contributed by atoms with van der Waals surface area (Å²) in [4.78, 5) is 14.6. The molecule has 1 amide bonds. The monoisotopic (exact) mass is 375 g/mol. The summed E-state index contributed by atoms with van der Waals surface area (Å²) in [7, 11) is 0. The van der Waals surface area contributed by atoms with Crippen molar-refractivity contribution in [1.29, 1.82) is 0 Å². The predicted molar refractivity (Wildman–Crippen MR) is 102 cm³/mol. The van der Waals surface area contributed by atoms with E-state index in [1.54, 1.807) is 0 Å². The summed E-state index contributed by atoms with van der Waals surface area (Å²) in [5.74, 6) is 1.57. The Morgan fingerprint density at radius 3 is 1.59 bits per heavy atom. The second-order valence-corrected chi connectivity index (χ2v) is 8.07. The first-order chi connectivity index (χ1) is 10.5. The summed E-state index contributed by atoms with van der Waals surface area (Å²) in [5, 5.41) is 0. The van der Waals surface area contributed by atoms with Crippen molar-refractivity contribution in [3.05, 3.63) is 0 Å². The Hall–Kier alpha value is -0.0500. The van der Waals surface area contributed by atoms with Crippen molar-refractivity contribution < 1.29 is 4.79 Å². The minimum absolute atomic E-state index is 0.0696. The number of carbonyl (C=O) groups is 1. The molecule has 0 aliphatic carbocycles. The minimum atomic E-state index is -0.0696. The minimum Gasteiger partial charge on any atom is -0.341 e. The van der Waals surface area contributed by atoms with Crippen molar-refractivity contribution in [2.75, 3.05) is 13.1 Å². The molecule has 0 saturated heterocycles. The highest BCUT2D eigenvalue weighted by Gasteiger charge is 2.23. The zero-order valence-corrected chi connectivity index (χ0v) is 17.1. The van der Waals surface area contributed by atoms with Crippen LogP contribution in [0.5, 0.6) is 0 Å². The van der Waals surface area contributed by atoms with Gasteiger partial charge in [-0.05, 0) is 31.6 Å². The second kappa shape index (κ2) is 13.4. The van der Waals surface area contributed by atoms with Crippen molar-refractivity contribution in [3.63, 3.8) is 0 Å². The molecule has 0 aromatic carbocycles. The lowest BCUT2D eigenvalue weighted by molar-refractivity contribution is -0.131. The van der Waals surface area contributed by atoms with Crippen LogP contribution < -0.4 is 0 Å². The van der Waals surface area contributed by atoms with Crippen LogP contribution in [-0.2, 0) is 4.79 Å². The first-order valence-corrected chi connectivity index (χ1v) is 10.3. The molecule has 2 nitrogen and oxygen atoms in total. The fraction of sp³-hybridized carbons (Fsp3) is 0.947. The van der Waals surface area contributed by atoms with Gasteiger partial charge in [-0.1, -0.05) is 82.1 Å². The molecule has 0 bridgehead atoms. The van der Waals surface area contributed by atoms with Gasteiger partial charge in [-0.15, -0.1) is 0 Å². The molecule has 0 spiro atoms. The molecular weight excluding hydrogens is 338 g/mol. The molecule has 0 fully saturated rings. The van der Waals surface area contributed by atoms with Gasteiger partial charge in [0.1, 0.15) is 0 Å². The number of hydrogen-bond donors (Lipinski definition) is 0. The van der Waals surface area contributed by atoms with Gasteiger partial charge >= 0.3 is 0 Å². The average Bonchev–Trinajstić information content (AvgIpc) is 2.52. The normalized spacial score (nSPS) is 15.4. The number of amides is 1. The third-order valence-corrected chi connectivity index (χ3v) is 5.09. The summed E-state index contributed by atoms with van der Waals surface area (Å²) in [6.07, 6.45) is 9.88. The number of halogens is 1. The van der Waals surface area contributed by atoms with Crippen LogP contribution in [0.25, 0.3) is 0 Å². The number of carbonyl (C=O) groups excluding carboxylic acids is 1. The molecule has 0 aliphatic rings. The highest BCUT2D eigenvalue weighted by Crippen LogP contribution is 2.20. The Bertz CT molecular complexity index is 263. The lowest BCUT2D eigenvalue weighted by Crippen LogP contribution is -2.42. The highest BCUT2D eigenvalue weighted by atomic mass is 79.9. The maximum atomic E-state index is 12.6. The van der Waals surface area contributed by atoms with E-state index in [1.807, 2.05) is 6.92 Å². The van der Waals surface area contributed by atoms with Crippen LogP contribution in [0.3, 0.4) is 0 Å². The Morgan fingerprint density at radius 2 is 1.32 bits per heavy atom. The second-order valence-electron chi connectivity index (χ2n) is 6.69. The standard InChI is InChI=1S/C19H38BrNO/c1-6-10-12-17(8-3)14-21(19(22)16(5)20)15-18(9-4)13-11-7-2/h16-18H,6-15H2,1-5H3. The maximum Gasteiger partial charge on any atom is 0.236 e. The third-order valence-electron chi connectivity index (χ3n) is 4.70. The van der Waals surface area contributed by atoms with Crippen LogP contribution in [0.2, 0.25) is 0 Å². The van der Waals surface area contributed by atoms with E-state index in [4.69, 9.17) is 0 Å². The van der Waals surface area contributed by atoms with E-state index in [1.165, 1.54) is 51.4 Å². The van der Waals surface area contributed by atoms with Gasteiger partial charge in [-0.2, -0.15) is 0 Å². The van der Waals surface area contributed by atoms with Crippen molar-refractivity contribution >= 4 is 21.8 Å². The molecular formula is C19H38BrNO. The molecule has 0 aliphatic heterocycles. The summed E-state index contributed by atoms with van der Waals surface area (Å²) < 4.78 is 0. The molecule has 0 radical (unpaired) electrons. The van der Waals surface area contributed by atoms with E-state index in [9.17, 15) is 4.79 Å². The van der Waals surface area contributed by atoms with E-state index in [-0.39, 0.29) is 10.7 Å². The first kappa shape index (κ1) is 21.9. The fourth-order valence-corrected chi connectivity index (χ4v) is 3.25. The molecule has 0 rings (SSSR count). The first-order valence-electron chi connectivity index (χ1n) is 9.42. The summed E-state index contributed by atoms with van der Waals surface area (Å²) >= 11 is 3.48. The van der Waals surface area contributed by atoms with Gasteiger partial charge in [0.15, 0.2) is 0 Å². The van der Waals surface area contributed by atoms with Crippen molar-refractivity contribution in [2.24, 2.45) is 11.8 Å². The zero-order valence-electron chi connectivity index (χ0n) is 15.5. The summed E-state index contributed by atoms with van der Waals surface area (Å²) in [6.45, 7) is 12.8. The fourth-order valence-electron chi connectivity index (χ4n) is 2.96. The number of alkyl halides is 1. The van der Waals surface area contributed by atoms with Crippen LogP contribution >= 0.6 is 15.9 Å². The Labute approximate surface area is 147 Å². The molecule has 3 atom stereocenters. The van der Waals surface area contributed by atoms with Gasteiger partial charge in [0.05, 0.1) is 4.83 Å². The van der Waals surface area contributed by atoms with E-state index < -0.39 is 0 Å². The molecule has 0 N–H and O–H groups in total.